The standard InChI is InChI=1S/C5H4N4O3.C2H7NO/c10-3-1-2(7-4(11)6-1)8-5(12)9-3;3-1-2-4/h(H4,6,7,8,9,10,11,12);4H,1-3H2. The molecule has 0 bridgehead atoms. The van der Waals surface area contributed by atoms with E-state index in [4.69, 9.17) is 10.8 Å². The lowest BCUT2D eigenvalue weighted by Crippen LogP contribution is -2.21. The maximum Gasteiger partial charge on any atom is 0.327 e. The van der Waals surface area contributed by atoms with Gasteiger partial charge in [0, 0.05) is 6.54 Å². The first-order valence-corrected chi connectivity index (χ1v) is 4.34. The predicted molar refractivity (Wildman–Crippen MR) is 56.3 cm³/mol. The second-order valence-corrected chi connectivity index (χ2v) is 2.75. The predicted octanol–water partition coefficient (Wildman–Crippen LogP) is -2.83. The van der Waals surface area contributed by atoms with E-state index >= 15 is 0 Å². The van der Waals surface area contributed by atoms with Crippen LogP contribution < -0.4 is 22.7 Å². The first kappa shape index (κ1) is 11.9. The molecule has 2 aromatic heterocycles. The van der Waals surface area contributed by atoms with Crippen molar-refractivity contribution in [3.63, 3.8) is 0 Å². The van der Waals surface area contributed by atoms with Crippen molar-refractivity contribution in [3.05, 3.63) is 31.3 Å². The maximum atomic E-state index is 10.9. The number of aromatic amines is 4. The van der Waals surface area contributed by atoms with Gasteiger partial charge in [0.1, 0.15) is 11.2 Å². The minimum atomic E-state index is -0.650. The molecule has 0 saturated heterocycles. The number of hydrogen-bond donors (Lipinski definition) is 6. The number of rotatable bonds is 1. The van der Waals surface area contributed by atoms with Gasteiger partial charge < -0.3 is 10.8 Å². The Morgan fingerprint density at radius 1 is 1.00 bits per heavy atom. The topological polar surface area (TPSA) is 161 Å². The van der Waals surface area contributed by atoms with Gasteiger partial charge in [-0.1, -0.05) is 0 Å². The molecule has 0 atom stereocenters. The molecule has 9 nitrogen and oxygen atoms in total. The lowest BCUT2D eigenvalue weighted by atomic mass is 10.5. The fourth-order valence-corrected chi connectivity index (χ4v) is 0.958. The van der Waals surface area contributed by atoms with Crippen LogP contribution in [0.2, 0.25) is 0 Å². The third-order valence-electron chi connectivity index (χ3n) is 1.55. The van der Waals surface area contributed by atoms with Gasteiger partial charge >= 0.3 is 11.4 Å². The Balaban J connectivity index is 0.000000280. The zero-order valence-corrected chi connectivity index (χ0v) is 8.16. The number of imidazole rings is 1. The fourth-order valence-electron chi connectivity index (χ4n) is 0.958. The van der Waals surface area contributed by atoms with E-state index in [0.29, 0.717) is 6.54 Å². The van der Waals surface area contributed by atoms with Gasteiger partial charge in [-0.05, 0) is 0 Å². The quantitative estimate of drug-likeness (QED) is 0.310. The maximum absolute atomic E-state index is 10.9. The molecule has 7 N–H and O–H groups in total. The number of hydrogen-bond acceptors (Lipinski definition) is 5. The van der Waals surface area contributed by atoms with Crippen LogP contribution in [0.1, 0.15) is 0 Å². The molecule has 2 aromatic rings. The zero-order chi connectivity index (χ0) is 12.1. The van der Waals surface area contributed by atoms with Gasteiger partial charge in [-0.2, -0.15) is 0 Å². The summed E-state index contributed by atoms with van der Waals surface area (Å²) < 4.78 is 0. The molecule has 0 aliphatic rings. The molecule has 0 fully saturated rings. The molecule has 0 amide bonds. The van der Waals surface area contributed by atoms with Crippen LogP contribution in [0.15, 0.2) is 14.4 Å². The zero-order valence-electron chi connectivity index (χ0n) is 8.16. The lowest BCUT2D eigenvalue weighted by Gasteiger charge is -1.83. The van der Waals surface area contributed by atoms with E-state index in [1.165, 1.54) is 0 Å². The summed E-state index contributed by atoms with van der Waals surface area (Å²) >= 11 is 0. The van der Waals surface area contributed by atoms with Crippen molar-refractivity contribution in [3.8, 4) is 0 Å². The Bertz CT molecular complexity index is 616. The molecule has 2 heterocycles. The summed E-state index contributed by atoms with van der Waals surface area (Å²) in [6.45, 7) is 0.472. The van der Waals surface area contributed by atoms with Crippen LogP contribution >= 0.6 is 0 Å². The summed E-state index contributed by atoms with van der Waals surface area (Å²) in [5.41, 5.74) is 3.13. The SMILES string of the molecule is NCCO.O=c1[nH]c(=O)c2[nH]c(=O)[nH]c2[nH]1. The third kappa shape index (κ3) is 2.68. The van der Waals surface area contributed by atoms with E-state index in [1.807, 2.05) is 4.98 Å². The molecule has 16 heavy (non-hydrogen) atoms. The molecule has 0 aliphatic carbocycles. The first-order chi connectivity index (χ1) is 7.58. The summed E-state index contributed by atoms with van der Waals surface area (Å²) in [7, 11) is 0. The summed E-state index contributed by atoms with van der Waals surface area (Å²) in [6.07, 6.45) is 0. The number of aliphatic hydroxyl groups is 1. The third-order valence-corrected chi connectivity index (χ3v) is 1.55. The van der Waals surface area contributed by atoms with Crippen LogP contribution in [0, 0.1) is 0 Å². The van der Waals surface area contributed by atoms with Crippen molar-refractivity contribution >= 4 is 11.2 Å². The van der Waals surface area contributed by atoms with E-state index in [1.54, 1.807) is 0 Å². The van der Waals surface area contributed by atoms with Crippen LogP contribution in [-0.2, 0) is 0 Å². The highest BCUT2D eigenvalue weighted by atomic mass is 16.3. The van der Waals surface area contributed by atoms with Crippen LogP contribution in [0.3, 0.4) is 0 Å². The summed E-state index contributed by atoms with van der Waals surface area (Å²) in [6, 6.07) is 0. The number of nitrogens with two attached hydrogens (primary N) is 1. The van der Waals surface area contributed by atoms with Gasteiger partial charge in [0.05, 0.1) is 6.61 Å². The highest BCUT2D eigenvalue weighted by Gasteiger charge is 2.02. The molecule has 0 aliphatic heterocycles. The Hall–Kier alpha value is -2.13. The van der Waals surface area contributed by atoms with Crippen molar-refractivity contribution in [1.29, 1.82) is 0 Å². The minimum Gasteiger partial charge on any atom is -0.395 e. The van der Waals surface area contributed by atoms with E-state index in [2.05, 4.69) is 15.0 Å². The second kappa shape index (κ2) is 5.09. The summed E-state index contributed by atoms with van der Waals surface area (Å²) in [4.78, 5) is 41.0. The van der Waals surface area contributed by atoms with Gasteiger partial charge in [-0.3, -0.25) is 24.7 Å². The molecular weight excluding hydrogens is 218 g/mol. The Morgan fingerprint density at radius 3 is 2.00 bits per heavy atom. The minimum absolute atomic E-state index is 0.0413. The number of fused-ring (bicyclic) bond motifs is 1. The Morgan fingerprint density at radius 2 is 1.50 bits per heavy atom. The summed E-state index contributed by atoms with van der Waals surface area (Å²) in [5, 5.41) is 7.75. The van der Waals surface area contributed by atoms with Crippen LogP contribution in [0.5, 0.6) is 0 Å². The van der Waals surface area contributed by atoms with Crippen molar-refractivity contribution in [2.45, 2.75) is 0 Å². The van der Waals surface area contributed by atoms with Crippen LogP contribution in [0.25, 0.3) is 11.2 Å². The number of H-pyrrole nitrogens is 4. The molecule has 0 spiro atoms. The molecule has 9 heteroatoms. The normalized spacial score (nSPS) is 9.88. The molecule has 88 valence electrons. The summed E-state index contributed by atoms with van der Waals surface area (Å²) in [5.74, 6) is 0. The van der Waals surface area contributed by atoms with Crippen LogP contribution in [0.4, 0.5) is 0 Å². The highest BCUT2D eigenvalue weighted by molar-refractivity contribution is 5.67. The molecular formula is C7H11N5O4. The average Bonchev–Trinajstić information content (AvgIpc) is 2.59. The molecule has 0 radical (unpaired) electrons. The average molecular weight is 229 g/mol. The Kier molecular flexibility index (Phi) is 3.80. The van der Waals surface area contributed by atoms with Gasteiger partial charge in [0.25, 0.3) is 5.56 Å². The molecule has 0 aromatic carbocycles. The lowest BCUT2D eigenvalue weighted by molar-refractivity contribution is 0.306. The number of aromatic nitrogens is 4. The van der Waals surface area contributed by atoms with Gasteiger partial charge in [-0.25, -0.2) is 9.59 Å². The smallest absolute Gasteiger partial charge is 0.327 e. The molecule has 2 rings (SSSR count). The molecule has 0 saturated carbocycles. The fraction of sp³-hybridized carbons (Fsp3) is 0.286. The monoisotopic (exact) mass is 229 g/mol. The van der Waals surface area contributed by atoms with Crippen molar-refractivity contribution < 1.29 is 5.11 Å². The van der Waals surface area contributed by atoms with E-state index in [0.717, 1.165) is 0 Å². The van der Waals surface area contributed by atoms with Gasteiger partial charge in [0.2, 0.25) is 0 Å². The Labute approximate surface area is 87.3 Å². The molecule has 0 unspecified atom stereocenters. The van der Waals surface area contributed by atoms with E-state index in [-0.39, 0.29) is 17.8 Å². The second-order valence-electron chi connectivity index (χ2n) is 2.75. The van der Waals surface area contributed by atoms with Gasteiger partial charge in [-0.15, -0.1) is 0 Å². The number of aliphatic hydroxyl groups excluding tert-OH is 1. The van der Waals surface area contributed by atoms with Gasteiger partial charge in [0.15, 0.2) is 0 Å². The number of nitrogens with one attached hydrogen (secondary N) is 4. The van der Waals surface area contributed by atoms with Crippen molar-refractivity contribution in [2.75, 3.05) is 13.2 Å². The van der Waals surface area contributed by atoms with Crippen molar-refractivity contribution in [1.82, 2.24) is 19.9 Å². The van der Waals surface area contributed by atoms with Crippen molar-refractivity contribution in [2.24, 2.45) is 5.73 Å². The first-order valence-electron chi connectivity index (χ1n) is 4.34. The van der Waals surface area contributed by atoms with E-state index < -0.39 is 16.9 Å². The van der Waals surface area contributed by atoms with E-state index in [9.17, 15) is 14.4 Å². The largest absolute Gasteiger partial charge is 0.395 e. The van der Waals surface area contributed by atoms with Crippen LogP contribution in [-0.4, -0.2) is 38.2 Å². The highest BCUT2D eigenvalue weighted by Crippen LogP contribution is 1.88.